The molecule has 0 unspecified atom stereocenters. The van der Waals surface area contributed by atoms with Gasteiger partial charge in [0.15, 0.2) is 0 Å². The van der Waals surface area contributed by atoms with Crippen LogP contribution < -0.4 is 10.6 Å². The minimum atomic E-state index is 0.0276. The number of amides is 1. The molecule has 7 heteroatoms. The second-order valence-electron chi connectivity index (χ2n) is 8.18. The van der Waals surface area contributed by atoms with Gasteiger partial charge in [-0.15, -0.1) is 0 Å². The zero-order chi connectivity index (χ0) is 20.8. The highest BCUT2D eigenvalue weighted by Crippen LogP contribution is 2.18. The minimum Gasteiger partial charge on any atom is -0.355 e. The third kappa shape index (κ3) is 5.85. The quantitative estimate of drug-likeness (QED) is 0.553. The van der Waals surface area contributed by atoms with Crippen molar-refractivity contribution in [3.63, 3.8) is 0 Å². The molecule has 0 aliphatic heterocycles. The zero-order valence-corrected chi connectivity index (χ0v) is 18.2. The van der Waals surface area contributed by atoms with Crippen LogP contribution in [-0.2, 0) is 11.2 Å². The second-order valence-corrected chi connectivity index (χ2v) is 8.18. The number of rotatable bonds is 7. The Balaban J connectivity index is 1.54. The fourth-order valence-electron chi connectivity index (χ4n) is 4.11. The Hall–Kier alpha value is -2.28. The summed E-state index contributed by atoms with van der Waals surface area (Å²) in [5.41, 5.74) is 4.51. The van der Waals surface area contributed by atoms with E-state index in [1.54, 1.807) is 4.68 Å². The molecule has 2 heterocycles. The molecule has 7 nitrogen and oxygen atoms in total. The van der Waals surface area contributed by atoms with Crippen LogP contribution in [0, 0.1) is 27.7 Å². The molecule has 0 spiro atoms. The highest BCUT2D eigenvalue weighted by Gasteiger charge is 2.18. The summed E-state index contributed by atoms with van der Waals surface area (Å²) >= 11 is 0. The zero-order valence-electron chi connectivity index (χ0n) is 18.2. The fourth-order valence-corrected chi connectivity index (χ4v) is 4.11. The average molecular weight is 399 g/mol. The van der Waals surface area contributed by atoms with Gasteiger partial charge in [0.1, 0.15) is 0 Å². The topological polar surface area (TPSA) is 84.7 Å². The molecule has 0 aromatic carbocycles. The SMILES string of the molecule is Cc1cc(C)nc(-n2nc(C)c(CC(=O)NCCNC3CCCCCC3)c2C)n1. The van der Waals surface area contributed by atoms with Gasteiger partial charge in [-0.3, -0.25) is 4.79 Å². The normalized spacial score (nSPS) is 15.3. The molecule has 0 radical (unpaired) electrons. The molecular weight excluding hydrogens is 364 g/mol. The van der Waals surface area contributed by atoms with Crippen molar-refractivity contribution >= 4 is 5.91 Å². The molecule has 0 saturated heterocycles. The summed E-state index contributed by atoms with van der Waals surface area (Å²) in [6, 6.07) is 2.54. The number of carbonyl (C=O) groups excluding carboxylic acids is 1. The van der Waals surface area contributed by atoms with E-state index in [2.05, 4.69) is 25.7 Å². The van der Waals surface area contributed by atoms with E-state index in [1.807, 2.05) is 33.8 Å². The predicted molar refractivity (Wildman–Crippen MR) is 114 cm³/mol. The lowest BCUT2D eigenvalue weighted by molar-refractivity contribution is -0.120. The van der Waals surface area contributed by atoms with E-state index < -0.39 is 0 Å². The molecule has 2 aromatic rings. The van der Waals surface area contributed by atoms with E-state index in [-0.39, 0.29) is 5.91 Å². The molecular formula is C22H34N6O. The Morgan fingerprint density at radius 3 is 2.34 bits per heavy atom. The van der Waals surface area contributed by atoms with E-state index in [9.17, 15) is 4.79 Å². The van der Waals surface area contributed by atoms with Crippen LogP contribution in [-0.4, -0.2) is 44.8 Å². The second kappa shape index (κ2) is 9.96. The minimum absolute atomic E-state index is 0.0276. The van der Waals surface area contributed by atoms with Crippen LogP contribution in [0.1, 0.15) is 66.9 Å². The molecule has 2 N–H and O–H groups in total. The van der Waals surface area contributed by atoms with Gasteiger partial charge in [0, 0.05) is 41.8 Å². The number of aryl methyl sites for hydroxylation is 3. The molecule has 158 valence electrons. The van der Waals surface area contributed by atoms with Crippen LogP contribution in [0.4, 0.5) is 0 Å². The van der Waals surface area contributed by atoms with Gasteiger partial charge in [-0.1, -0.05) is 25.7 Å². The highest BCUT2D eigenvalue weighted by molar-refractivity contribution is 5.79. The van der Waals surface area contributed by atoms with Crippen LogP contribution in [0.5, 0.6) is 0 Å². The Labute approximate surface area is 173 Å². The summed E-state index contributed by atoms with van der Waals surface area (Å²) < 4.78 is 1.74. The molecule has 1 fully saturated rings. The third-order valence-electron chi connectivity index (χ3n) is 5.67. The summed E-state index contributed by atoms with van der Waals surface area (Å²) in [7, 11) is 0. The lowest BCUT2D eigenvalue weighted by Crippen LogP contribution is -2.37. The Kier molecular flexibility index (Phi) is 7.36. The first-order chi connectivity index (χ1) is 13.9. The smallest absolute Gasteiger partial charge is 0.251 e. The van der Waals surface area contributed by atoms with Crippen LogP contribution in [0.2, 0.25) is 0 Å². The van der Waals surface area contributed by atoms with Crippen molar-refractivity contribution in [1.29, 1.82) is 0 Å². The number of hydrogen-bond acceptors (Lipinski definition) is 5. The number of carbonyl (C=O) groups is 1. The van der Waals surface area contributed by atoms with Gasteiger partial charge >= 0.3 is 0 Å². The van der Waals surface area contributed by atoms with Gasteiger partial charge in [-0.05, 0) is 46.6 Å². The van der Waals surface area contributed by atoms with Crippen molar-refractivity contribution in [3.8, 4) is 5.95 Å². The van der Waals surface area contributed by atoms with Crippen LogP contribution in [0.15, 0.2) is 6.07 Å². The maximum Gasteiger partial charge on any atom is 0.251 e. The van der Waals surface area contributed by atoms with Crippen molar-refractivity contribution in [2.24, 2.45) is 0 Å². The van der Waals surface area contributed by atoms with Gasteiger partial charge < -0.3 is 10.6 Å². The molecule has 3 rings (SSSR count). The monoisotopic (exact) mass is 398 g/mol. The van der Waals surface area contributed by atoms with E-state index in [4.69, 9.17) is 0 Å². The highest BCUT2D eigenvalue weighted by atomic mass is 16.1. The third-order valence-corrected chi connectivity index (χ3v) is 5.67. The molecule has 1 saturated carbocycles. The number of hydrogen-bond donors (Lipinski definition) is 2. The summed E-state index contributed by atoms with van der Waals surface area (Å²) in [5, 5.41) is 11.2. The van der Waals surface area contributed by atoms with Crippen LogP contribution >= 0.6 is 0 Å². The van der Waals surface area contributed by atoms with Gasteiger partial charge in [0.2, 0.25) is 5.91 Å². The van der Waals surface area contributed by atoms with Crippen molar-refractivity contribution in [1.82, 2.24) is 30.4 Å². The summed E-state index contributed by atoms with van der Waals surface area (Å²) in [4.78, 5) is 21.5. The van der Waals surface area contributed by atoms with Crippen molar-refractivity contribution in [2.45, 2.75) is 78.7 Å². The number of nitrogens with one attached hydrogen (secondary N) is 2. The molecule has 0 bridgehead atoms. The molecule has 0 atom stereocenters. The molecule has 1 aliphatic rings. The van der Waals surface area contributed by atoms with E-state index >= 15 is 0 Å². The maximum atomic E-state index is 12.5. The fraction of sp³-hybridized carbons (Fsp3) is 0.636. The number of aromatic nitrogens is 4. The standard InChI is InChI=1S/C22H34N6O/c1-15-13-16(2)26-22(25-15)28-18(4)20(17(3)27-28)14-21(29)24-12-11-23-19-9-7-5-6-8-10-19/h13,19,23H,5-12,14H2,1-4H3,(H,24,29). The Morgan fingerprint density at radius 1 is 1.03 bits per heavy atom. The first-order valence-corrected chi connectivity index (χ1v) is 10.8. The Bertz CT molecular complexity index is 816. The van der Waals surface area contributed by atoms with E-state index in [0.717, 1.165) is 34.9 Å². The molecule has 1 amide bonds. The van der Waals surface area contributed by atoms with Gasteiger partial charge in [0.05, 0.1) is 12.1 Å². The van der Waals surface area contributed by atoms with Crippen LogP contribution in [0.25, 0.3) is 5.95 Å². The van der Waals surface area contributed by atoms with Crippen LogP contribution in [0.3, 0.4) is 0 Å². The lowest BCUT2D eigenvalue weighted by Gasteiger charge is -2.16. The average Bonchev–Trinajstić information content (AvgIpc) is 2.85. The maximum absolute atomic E-state index is 12.5. The lowest BCUT2D eigenvalue weighted by atomic mass is 10.1. The van der Waals surface area contributed by atoms with Gasteiger partial charge in [0.25, 0.3) is 5.95 Å². The largest absolute Gasteiger partial charge is 0.355 e. The Morgan fingerprint density at radius 2 is 1.69 bits per heavy atom. The molecule has 1 aliphatic carbocycles. The summed E-state index contributed by atoms with van der Waals surface area (Å²) in [6.07, 6.45) is 8.18. The predicted octanol–water partition coefficient (Wildman–Crippen LogP) is 2.87. The number of nitrogens with zero attached hydrogens (tertiary/aromatic N) is 4. The van der Waals surface area contributed by atoms with Gasteiger partial charge in [-0.2, -0.15) is 5.10 Å². The molecule has 29 heavy (non-hydrogen) atoms. The van der Waals surface area contributed by atoms with Crippen molar-refractivity contribution in [2.75, 3.05) is 13.1 Å². The first kappa shape index (κ1) is 21.4. The first-order valence-electron chi connectivity index (χ1n) is 10.8. The molecule has 2 aromatic heterocycles. The van der Waals surface area contributed by atoms with Crippen molar-refractivity contribution < 1.29 is 4.79 Å². The van der Waals surface area contributed by atoms with Gasteiger partial charge in [-0.25, -0.2) is 14.6 Å². The summed E-state index contributed by atoms with van der Waals surface area (Å²) in [5.74, 6) is 0.585. The van der Waals surface area contributed by atoms with E-state index in [0.29, 0.717) is 25.0 Å². The summed E-state index contributed by atoms with van der Waals surface area (Å²) in [6.45, 7) is 9.27. The van der Waals surface area contributed by atoms with E-state index in [1.165, 1.54) is 38.5 Å². The van der Waals surface area contributed by atoms with Crippen molar-refractivity contribution in [3.05, 3.63) is 34.4 Å².